The van der Waals surface area contributed by atoms with Crippen LogP contribution in [0.2, 0.25) is 0 Å². The molecule has 33 heavy (non-hydrogen) atoms. The molecule has 1 atom stereocenters. The molecule has 2 fully saturated rings. The molecule has 0 aliphatic heterocycles. The molecule has 2 aliphatic carbocycles. The Balaban J connectivity index is 1.58. The monoisotopic (exact) mass is 465 g/mol. The lowest BCUT2D eigenvalue weighted by Gasteiger charge is -2.22. The highest BCUT2D eigenvalue weighted by molar-refractivity contribution is 5.99. The fourth-order valence-electron chi connectivity index (χ4n) is 4.21. The molecular formula is C23H26F3N3O4. The predicted octanol–water partition coefficient (Wildman–Crippen LogP) is 4.12. The molecule has 2 aromatic rings. The van der Waals surface area contributed by atoms with E-state index in [1.54, 1.807) is 4.57 Å². The number of halogens is 3. The van der Waals surface area contributed by atoms with Crippen LogP contribution in [-0.4, -0.2) is 29.1 Å². The summed E-state index contributed by atoms with van der Waals surface area (Å²) in [4.78, 5) is 38.6. The van der Waals surface area contributed by atoms with Crippen molar-refractivity contribution in [2.24, 2.45) is 5.92 Å². The molecule has 10 heteroatoms. The van der Waals surface area contributed by atoms with Gasteiger partial charge in [0.15, 0.2) is 6.04 Å². The fraction of sp³-hybridized carbons (Fsp3) is 0.522. The van der Waals surface area contributed by atoms with Gasteiger partial charge in [-0.05, 0) is 43.7 Å². The van der Waals surface area contributed by atoms with Crippen LogP contribution in [0.15, 0.2) is 40.0 Å². The van der Waals surface area contributed by atoms with E-state index in [4.69, 9.17) is 4.42 Å². The summed E-state index contributed by atoms with van der Waals surface area (Å²) in [6, 6.07) is -0.0451. The van der Waals surface area contributed by atoms with Crippen molar-refractivity contribution in [1.29, 1.82) is 0 Å². The van der Waals surface area contributed by atoms with Crippen molar-refractivity contribution in [3.63, 3.8) is 0 Å². The topological polar surface area (TPSA) is 93.3 Å². The number of hydrogen-bond acceptors (Lipinski definition) is 4. The number of furan rings is 1. The Bertz CT molecular complexity index is 1050. The van der Waals surface area contributed by atoms with E-state index in [9.17, 15) is 27.6 Å². The smallest absolute Gasteiger partial charge is 0.415 e. The van der Waals surface area contributed by atoms with Crippen molar-refractivity contribution < 1.29 is 27.2 Å². The zero-order chi connectivity index (χ0) is 23.6. The second-order valence-corrected chi connectivity index (χ2v) is 8.77. The molecule has 0 radical (unpaired) electrons. The molecule has 0 bridgehead atoms. The lowest BCUT2D eigenvalue weighted by Crippen LogP contribution is -2.41. The van der Waals surface area contributed by atoms with Crippen molar-refractivity contribution in [2.75, 3.05) is 6.54 Å². The number of pyridine rings is 1. The quantitative estimate of drug-likeness (QED) is 0.643. The Morgan fingerprint density at radius 3 is 2.30 bits per heavy atom. The van der Waals surface area contributed by atoms with Gasteiger partial charge in [0.1, 0.15) is 16.9 Å². The van der Waals surface area contributed by atoms with Crippen LogP contribution in [0.1, 0.15) is 83.5 Å². The summed E-state index contributed by atoms with van der Waals surface area (Å²) in [5.41, 5.74) is -1.65. The number of carbonyl (C=O) groups is 2. The van der Waals surface area contributed by atoms with E-state index >= 15 is 0 Å². The van der Waals surface area contributed by atoms with Crippen LogP contribution >= 0.6 is 0 Å². The summed E-state index contributed by atoms with van der Waals surface area (Å²) in [6.45, 7) is 0.423. The molecule has 4 rings (SSSR count). The fourth-order valence-corrected chi connectivity index (χ4v) is 4.21. The van der Waals surface area contributed by atoms with Crippen LogP contribution in [-0.2, 0) is 0 Å². The van der Waals surface area contributed by atoms with Gasteiger partial charge in [-0.3, -0.25) is 14.4 Å². The van der Waals surface area contributed by atoms with Crippen molar-refractivity contribution in [3.05, 3.63) is 57.9 Å². The highest BCUT2D eigenvalue weighted by Gasteiger charge is 2.44. The summed E-state index contributed by atoms with van der Waals surface area (Å²) in [6.07, 6.45) is 5.81. The number of nitrogens with zero attached hydrogens (tertiary/aromatic N) is 1. The average molecular weight is 465 g/mol. The number of nitrogens with one attached hydrogen (secondary N) is 2. The first-order valence-corrected chi connectivity index (χ1v) is 11.2. The largest absolute Gasteiger partial charge is 0.467 e. The van der Waals surface area contributed by atoms with Crippen molar-refractivity contribution in [2.45, 2.75) is 63.2 Å². The van der Waals surface area contributed by atoms with Crippen LogP contribution in [0.3, 0.4) is 0 Å². The van der Waals surface area contributed by atoms with Gasteiger partial charge in [0.25, 0.3) is 11.8 Å². The zero-order valence-corrected chi connectivity index (χ0v) is 18.0. The van der Waals surface area contributed by atoms with Gasteiger partial charge in [0, 0.05) is 25.0 Å². The molecule has 2 saturated carbocycles. The lowest BCUT2D eigenvalue weighted by molar-refractivity contribution is -0.159. The van der Waals surface area contributed by atoms with Gasteiger partial charge in [0.2, 0.25) is 5.43 Å². The van der Waals surface area contributed by atoms with Gasteiger partial charge in [-0.1, -0.05) is 19.3 Å². The number of carbonyl (C=O) groups excluding carboxylic acids is 2. The number of rotatable bonds is 7. The third-order valence-corrected chi connectivity index (χ3v) is 6.21. The summed E-state index contributed by atoms with van der Waals surface area (Å²) in [5, 5.41) is 4.62. The molecule has 2 N–H and O–H groups in total. The summed E-state index contributed by atoms with van der Waals surface area (Å²) in [5.74, 6) is -2.00. The summed E-state index contributed by atoms with van der Waals surface area (Å²) in [7, 11) is 0. The molecule has 2 aromatic heterocycles. The van der Waals surface area contributed by atoms with Crippen LogP contribution < -0.4 is 16.1 Å². The lowest BCUT2D eigenvalue weighted by atomic mass is 9.89. The SMILES string of the molecule is O=C(NCC1CCCCC1)c1cn(C2CC2)cc(C(=O)NC(c2ccco2)C(F)(F)F)c1=O. The Kier molecular flexibility index (Phi) is 6.62. The molecule has 2 heterocycles. The van der Waals surface area contributed by atoms with Crippen LogP contribution in [0.25, 0.3) is 0 Å². The molecule has 7 nitrogen and oxygen atoms in total. The van der Waals surface area contributed by atoms with Gasteiger partial charge in [-0.15, -0.1) is 0 Å². The molecular weight excluding hydrogens is 439 g/mol. The number of alkyl halides is 3. The van der Waals surface area contributed by atoms with Crippen molar-refractivity contribution >= 4 is 11.8 Å². The minimum atomic E-state index is -4.84. The minimum Gasteiger partial charge on any atom is -0.467 e. The standard InChI is InChI=1S/C23H26F3N3O4/c24-23(25,26)20(18-7-4-10-33-18)28-22(32)17-13-29(15-8-9-15)12-16(19(17)30)21(31)27-11-14-5-2-1-3-6-14/h4,7,10,12-15,20H,1-3,5-6,8-9,11H2,(H,27,31)(H,28,32). The van der Waals surface area contributed by atoms with Crippen LogP contribution in [0.4, 0.5) is 13.2 Å². The predicted molar refractivity (Wildman–Crippen MR) is 113 cm³/mol. The van der Waals surface area contributed by atoms with Crippen molar-refractivity contribution in [3.8, 4) is 0 Å². The van der Waals surface area contributed by atoms with Gasteiger partial charge >= 0.3 is 6.18 Å². The van der Waals surface area contributed by atoms with Crippen LogP contribution in [0, 0.1) is 5.92 Å². The van der Waals surface area contributed by atoms with E-state index < -0.39 is 40.8 Å². The highest BCUT2D eigenvalue weighted by Crippen LogP contribution is 2.35. The maximum absolute atomic E-state index is 13.5. The molecule has 2 amide bonds. The summed E-state index contributed by atoms with van der Waals surface area (Å²) >= 11 is 0. The first-order valence-electron chi connectivity index (χ1n) is 11.2. The van der Waals surface area contributed by atoms with E-state index in [1.807, 2.05) is 5.32 Å². The summed E-state index contributed by atoms with van der Waals surface area (Å²) < 4.78 is 47.0. The number of hydrogen-bond donors (Lipinski definition) is 2. The molecule has 0 saturated heterocycles. The maximum Gasteiger partial charge on any atom is 0.415 e. The van der Waals surface area contributed by atoms with E-state index in [1.165, 1.54) is 24.9 Å². The van der Waals surface area contributed by atoms with E-state index in [2.05, 4.69) is 5.32 Å². The van der Waals surface area contributed by atoms with Gasteiger partial charge in [-0.2, -0.15) is 13.2 Å². The Morgan fingerprint density at radius 2 is 1.73 bits per heavy atom. The Hall–Kier alpha value is -3.04. The minimum absolute atomic E-state index is 0.00512. The zero-order valence-electron chi connectivity index (χ0n) is 18.0. The molecule has 1 unspecified atom stereocenters. The molecule has 178 valence electrons. The van der Waals surface area contributed by atoms with Gasteiger partial charge in [0.05, 0.1) is 6.26 Å². The maximum atomic E-state index is 13.5. The average Bonchev–Trinajstić information content (AvgIpc) is 3.50. The highest BCUT2D eigenvalue weighted by atomic mass is 19.4. The second-order valence-electron chi connectivity index (χ2n) is 8.77. The van der Waals surface area contributed by atoms with Crippen molar-refractivity contribution in [1.82, 2.24) is 15.2 Å². The van der Waals surface area contributed by atoms with E-state index in [-0.39, 0.29) is 11.6 Å². The van der Waals surface area contributed by atoms with Gasteiger partial charge in [-0.25, -0.2) is 0 Å². The third kappa shape index (κ3) is 5.48. The van der Waals surface area contributed by atoms with E-state index in [0.29, 0.717) is 12.5 Å². The normalized spacial score (nSPS) is 18.0. The first kappa shape index (κ1) is 23.1. The molecule has 0 aromatic carbocycles. The Labute approximate surface area is 188 Å². The Morgan fingerprint density at radius 1 is 1.06 bits per heavy atom. The molecule has 2 aliphatic rings. The first-order chi connectivity index (χ1) is 15.7. The third-order valence-electron chi connectivity index (χ3n) is 6.21. The van der Waals surface area contributed by atoms with E-state index in [0.717, 1.165) is 50.9 Å². The van der Waals surface area contributed by atoms with Crippen LogP contribution in [0.5, 0.6) is 0 Å². The molecule has 0 spiro atoms. The number of amides is 2. The van der Waals surface area contributed by atoms with Gasteiger partial charge < -0.3 is 19.6 Å². The second kappa shape index (κ2) is 9.44. The number of aromatic nitrogens is 1.